The standard InChI is InChI=1S/C63H82FN15O12/c1-36(2)53-61(90)73-43(16-9-27-65)55(84)74-46(32-39-19-23-41(64)24-20-39)58(87)77-49(33-38-14-7-4-8-15-38)62(91)79-29-11-18-50(79)60(89)76-47(30-37-12-5-3-6-13-37)57(86)72-44(17-10-28-69-63(67)68)56(85)75-48(34-51(66)81)54(83)70-35-52(82)71-45(59(88)78-53)31-40-21-25-42(80)26-22-40/h3-8,12-15,19-26,36,43-50,53,80H,9-11,16-18,27-35,65H2,1-2H3,(H2,66,81)(H,70,83)(H,71,82)(H,72,86)(H,73,90)(H,74,84)(H,75,85)(H,76,89)(H,77,87)(H,78,88)(H4,67,68,69)/t43-,44+,45-,46-,47-,48+,49+,50-,53-/m0/s1. The van der Waals surface area contributed by atoms with Crippen molar-refractivity contribution < 1.29 is 62.2 Å². The molecule has 2 saturated heterocycles. The first-order valence-corrected chi connectivity index (χ1v) is 30.1. The zero-order chi connectivity index (χ0) is 66.1. The summed E-state index contributed by atoms with van der Waals surface area (Å²) < 4.78 is 14.3. The smallest absolute Gasteiger partial charge is 0.246 e. The largest absolute Gasteiger partial charge is 0.508 e. The predicted octanol–water partition coefficient (Wildman–Crippen LogP) is -1.88. The molecule has 0 unspecified atom stereocenters. The number of phenolic OH excluding ortho intramolecular Hbond substituents is 1. The van der Waals surface area contributed by atoms with E-state index in [2.05, 4.69) is 52.8 Å². The Morgan fingerprint density at radius 3 is 1.54 bits per heavy atom. The molecule has 0 aromatic heterocycles. The number of nitrogens with one attached hydrogen (secondary N) is 9. The molecule has 11 amide bonds. The van der Waals surface area contributed by atoms with Gasteiger partial charge in [-0.15, -0.1) is 0 Å². The van der Waals surface area contributed by atoms with Crippen LogP contribution in [0.5, 0.6) is 5.75 Å². The van der Waals surface area contributed by atoms with Crippen LogP contribution in [0.2, 0.25) is 0 Å². The molecular weight excluding hydrogens is 1180 g/mol. The van der Waals surface area contributed by atoms with E-state index >= 15 is 4.79 Å². The number of guanidine groups is 1. The van der Waals surface area contributed by atoms with Gasteiger partial charge in [-0.1, -0.05) is 98.8 Å². The minimum Gasteiger partial charge on any atom is -0.508 e. The molecule has 0 spiro atoms. The molecule has 0 bridgehead atoms. The van der Waals surface area contributed by atoms with E-state index in [1.165, 1.54) is 41.3 Å². The SMILES string of the molecule is CC(C)[C@@H]1NC(=O)[C@H](Cc2ccc(O)cc2)NC(=O)CNC(=O)[C@@H](CC(N)=O)NC(=O)[C@@H](CCCN=C(N)N)NC(=O)[C@H](Cc2ccccc2)NC(=O)[C@@H]2CCCN2C(=O)[C@@H](Cc2ccccc2)NC(=O)[C@H](Cc2ccc(F)cc2)NC(=O)[C@H](CCCN)NC1=O. The maximum Gasteiger partial charge on any atom is 0.246 e. The molecule has 4 aromatic rings. The number of carbonyl (C=O) groups excluding carboxylic acids is 11. The zero-order valence-corrected chi connectivity index (χ0v) is 50.8. The number of hydrogen-bond acceptors (Lipinski definition) is 14. The van der Waals surface area contributed by atoms with Gasteiger partial charge in [0, 0.05) is 38.8 Å². The Morgan fingerprint density at radius 2 is 1.00 bits per heavy atom. The number of aromatic hydroxyl groups is 1. The average molecular weight is 1260 g/mol. The molecule has 27 nitrogen and oxygen atoms in total. The fourth-order valence-corrected chi connectivity index (χ4v) is 10.5. The van der Waals surface area contributed by atoms with Crippen LogP contribution in [-0.2, 0) is 78.4 Å². The number of amides is 11. The number of phenols is 1. The molecule has 2 heterocycles. The molecule has 9 atom stereocenters. The van der Waals surface area contributed by atoms with Crippen LogP contribution in [0.1, 0.15) is 81.0 Å². The van der Waals surface area contributed by atoms with E-state index in [4.69, 9.17) is 22.9 Å². The summed E-state index contributed by atoms with van der Waals surface area (Å²) in [5.41, 5.74) is 24.6. The first kappa shape index (κ1) is 70.1. The molecule has 28 heteroatoms. The number of fused-ring (bicyclic) bond motifs is 1. The van der Waals surface area contributed by atoms with Crippen molar-refractivity contribution in [2.24, 2.45) is 33.8 Å². The highest BCUT2D eigenvalue weighted by Gasteiger charge is 2.41. The maximum absolute atomic E-state index is 15.2. The molecule has 0 radical (unpaired) electrons. The summed E-state index contributed by atoms with van der Waals surface area (Å²) in [5, 5.41) is 33.7. The van der Waals surface area contributed by atoms with Crippen LogP contribution < -0.4 is 70.8 Å². The van der Waals surface area contributed by atoms with Crippen LogP contribution in [-0.4, -0.2) is 162 Å². The van der Waals surface area contributed by atoms with Gasteiger partial charge in [-0.3, -0.25) is 57.7 Å². The summed E-state index contributed by atoms with van der Waals surface area (Å²) in [6, 6.07) is 14.9. The molecule has 488 valence electrons. The van der Waals surface area contributed by atoms with E-state index in [9.17, 15) is 57.4 Å². The number of halogens is 1. The topological polar surface area (TPSA) is 436 Å². The monoisotopic (exact) mass is 1260 g/mol. The van der Waals surface area contributed by atoms with E-state index in [1.807, 2.05) is 0 Å². The van der Waals surface area contributed by atoms with Crippen LogP contribution in [0, 0.1) is 11.7 Å². The molecule has 2 aliphatic rings. The van der Waals surface area contributed by atoms with Crippen molar-refractivity contribution in [2.45, 2.75) is 139 Å². The fraction of sp³-hybridized carbons (Fsp3) is 0.429. The third-order valence-electron chi connectivity index (χ3n) is 15.3. The first-order valence-electron chi connectivity index (χ1n) is 30.1. The fourth-order valence-electron chi connectivity index (χ4n) is 10.5. The third-order valence-corrected chi connectivity index (χ3v) is 15.3. The molecule has 91 heavy (non-hydrogen) atoms. The first-order chi connectivity index (χ1) is 43.5. The van der Waals surface area contributed by atoms with E-state index in [-0.39, 0.29) is 89.1 Å². The lowest BCUT2D eigenvalue weighted by atomic mass is 9.99. The minimum atomic E-state index is -1.76. The normalized spacial score (nSPS) is 23.1. The Hall–Kier alpha value is -9.99. The van der Waals surface area contributed by atoms with Crippen LogP contribution in [0.4, 0.5) is 4.39 Å². The van der Waals surface area contributed by atoms with Gasteiger partial charge in [-0.25, -0.2) is 4.39 Å². The second-order valence-corrected chi connectivity index (χ2v) is 22.8. The zero-order valence-electron chi connectivity index (χ0n) is 50.8. The van der Waals surface area contributed by atoms with Crippen molar-refractivity contribution in [3.05, 3.63) is 137 Å². The molecule has 18 N–H and O–H groups in total. The van der Waals surface area contributed by atoms with E-state index < -0.39 is 144 Å². The number of primary amides is 1. The molecule has 6 rings (SSSR count). The number of nitrogens with zero attached hydrogens (tertiary/aromatic N) is 2. The Balaban J connectivity index is 1.43. The van der Waals surface area contributed by atoms with Gasteiger partial charge >= 0.3 is 0 Å². The molecule has 0 aliphatic carbocycles. The number of nitrogens with two attached hydrogens (primary N) is 4. The average Bonchev–Trinajstić information content (AvgIpc) is 2.63. The molecule has 4 aromatic carbocycles. The third kappa shape index (κ3) is 22.2. The Labute approximate surface area is 526 Å². The molecule has 0 saturated carbocycles. The summed E-state index contributed by atoms with van der Waals surface area (Å²) in [6.45, 7) is 2.42. The lowest BCUT2D eigenvalue weighted by Gasteiger charge is -2.31. The van der Waals surface area contributed by atoms with Gasteiger partial charge in [0.2, 0.25) is 65.0 Å². The van der Waals surface area contributed by atoms with Gasteiger partial charge in [0.25, 0.3) is 0 Å². The van der Waals surface area contributed by atoms with Gasteiger partial charge in [0.15, 0.2) is 5.96 Å². The summed E-state index contributed by atoms with van der Waals surface area (Å²) in [5.74, 6) is -11.6. The van der Waals surface area contributed by atoms with E-state index in [0.29, 0.717) is 28.7 Å². The van der Waals surface area contributed by atoms with Crippen molar-refractivity contribution in [1.29, 1.82) is 0 Å². The second kappa shape index (κ2) is 34.7. The highest BCUT2D eigenvalue weighted by molar-refractivity contribution is 6.00. The van der Waals surface area contributed by atoms with Gasteiger partial charge in [0.1, 0.15) is 65.9 Å². The minimum absolute atomic E-state index is 0.0277. The van der Waals surface area contributed by atoms with E-state index in [1.54, 1.807) is 74.5 Å². The van der Waals surface area contributed by atoms with Gasteiger partial charge < -0.3 is 80.8 Å². The molecule has 2 aliphatic heterocycles. The van der Waals surface area contributed by atoms with Gasteiger partial charge in [0.05, 0.1) is 13.0 Å². The predicted molar refractivity (Wildman–Crippen MR) is 332 cm³/mol. The van der Waals surface area contributed by atoms with Crippen LogP contribution in [0.15, 0.2) is 114 Å². The number of rotatable bonds is 18. The Bertz CT molecular complexity index is 3210. The van der Waals surface area contributed by atoms with Crippen LogP contribution in [0.25, 0.3) is 0 Å². The lowest BCUT2D eigenvalue weighted by molar-refractivity contribution is -0.142. The van der Waals surface area contributed by atoms with Crippen molar-refractivity contribution in [2.75, 3.05) is 26.2 Å². The highest BCUT2D eigenvalue weighted by Crippen LogP contribution is 2.22. The van der Waals surface area contributed by atoms with Gasteiger partial charge in [-0.2, -0.15) is 0 Å². The maximum atomic E-state index is 15.2. The number of carbonyl (C=O) groups is 11. The summed E-state index contributed by atoms with van der Waals surface area (Å²) >= 11 is 0. The number of hydrogen-bond donors (Lipinski definition) is 14. The molecule has 2 fully saturated rings. The Kier molecular flexibility index (Phi) is 26.7. The van der Waals surface area contributed by atoms with Crippen molar-refractivity contribution in [3.8, 4) is 5.75 Å². The van der Waals surface area contributed by atoms with Crippen molar-refractivity contribution in [3.63, 3.8) is 0 Å². The highest BCUT2D eigenvalue weighted by atomic mass is 19.1. The van der Waals surface area contributed by atoms with Crippen molar-refractivity contribution in [1.82, 2.24) is 52.8 Å². The quantitative estimate of drug-likeness (QED) is 0.0295. The summed E-state index contributed by atoms with van der Waals surface area (Å²) in [7, 11) is 0. The lowest BCUT2D eigenvalue weighted by Crippen LogP contribution is -2.61. The van der Waals surface area contributed by atoms with Crippen LogP contribution >= 0.6 is 0 Å². The van der Waals surface area contributed by atoms with Crippen LogP contribution in [0.3, 0.4) is 0 Å². The summed E-state index contributed by atoms with van der Waals surface area (Å²) in [4.78, 5) is 163. The number of aliphatic imine (C=N–C) groups is 1. The summed E-state index contributed by atoms with van der Waals surface area (Å²) in [6.07, 6.45) is -1.13. The van der Waals surface area contributed by atoms with Crippen molar-refractivity contribution >= 4 is 70.9 Å². The van der Waals surface area contributed by atoms with Gasteiger partial charge in [-0.05, 0) is 97.5 Å². The van der Waals surface area contributed by atoms with E-state index in [0.717, 1.165) is 12.1 Å². The number of benzene rings is 4. The molecular formula is C63H82FN15O12. The second-order valence-electron chi connectivity index (χ2n) is 22.8. The Morgan fingerprint density at radius 1 is 0.549 bits per heavy atom.